The van der Waals surface area contributed by atoms with Gasteiger partial charge in [0, 0.05) is 43.8 Å². The van der Waals surface area contributed by atoms with Gasteiger partial charge >= 0.3 is 0 Å². The molecule has 0 saturated carbocycles. The summed E-state index contributed by atoms with van der Waals surface area (Å²) in [5.74, 6) is 1.49. The minimum atomic E-state index is -1.34. The molecule has 0 atom stereocenters. The number of fused-ring (bicyclic) bond motifs is 3. The number of nitrogens with zero attached hydrogens (tertiary/aromatic N) is 3. The standard InChI is InChI=1S/C31H19N2O.C18H24NSi.Ir/c1-2-8-21(9-3-1)22-14-16-25(17-15-22)33-29-13-7-6-12-28(29)32-31(33)27-20-34-30-19-24-11-5-4-10-23(24)18-26(27)30;1-14(2)11-16-12-17(15-9-7-6-8-10-15)19-13-18(16)20(3,4)5;/h1-19H;6-9,12-14H,11H2,1-5H3;/q2*-1;. The maximum atomic E-state index is 5.90. The second kappa shape index (κ2) is 16.1. The van der Waals surface area contributed by atoms with Crippen molar-refractivity contribution in [3.8, 4) is 39.5 Å². The van der Waals surface area contributed by atoms with Gasteiger partial charge in [0.05, 0.1) is 24.9 Å². The molecule has 275 valence electrons. The number of aromatic nitrogens is 3. The second-order valence-electron chi connectivity index (χ2n) is 15.3. The van der Waals surface area contributed by atoms with E-state index in [0.717, 1.165) is 62.1 Å². The fourth-order valence-electron chi connectivity index (χ4n) is 7.20. The third kappa shape index (κ3) is 8.04. The monoisotopic (exact) mass is 910 g/mol. The summed E-state index contributed by atoms with van der Waals surface area (Å²) in [6, 6.07) is 53.4. The Hall–Kier alpha value is -5.39. The first-order valence-electron chi connectivity index (χ1n) is 18.7. The summed E-state index contributed by atoms with van der Waals surface area (Å²) in [5.41, 5.74) is 10.7. The van der Waals surface area contributed by atoms with E-state index in [9.17, 15) is 0 Å². The van der Waals surface area contributed by atoms with Gasteiger partial charge in [0.25, 0.3) is 0 Å². The van der Waals surface area contributed by atoms with Gasteiger partial charge in [-0.2, -0.15) is 0 Å². The van der Waals surface area contributed by atoms with Crippen LogP contribution in [0.3, 0.4) is 0 Å². The zero-order valence-electron chi connectivity index (χ0n) is 31.8. The van der Waals surface area contributed by atoms with Gasteiger partial charge < -0.3 is 14.0 Å². The first-order valence-corrected chi connectivity index (χ1v) is 22.2. The molecule has 9 aromatic rings. The van der Waals surface area contributed by atoms with Crippen LogP contribution in [-0.4, -0.2) is 22.6 Å². The normalized spacial score (nSPS) is 11.5. The van der Waals surface area contributed by atoms with Crippen LogP contribution in [0, 0.1) is 18.2 Å². The number of benzene rings is 6. The molecule has 6 aromatic carbocycles. The second-order valence-corrected chi connectivity index (χ2v) is 20.3. The molecule has 0 unspecified atom stereocenters. The third-order valence-corrected chi connectivity index (χ3v) is 11.9. The van der Waals surface area contributed by atoms with Crippen molar-refractivity contribution in [2.24, 2.45) is 5.92 Å². The predicted molar refractivity (Wildman–Crippen MR) is 228 cm³/mol. The van der Waals surface area contributed by atoms with Crippen molar-refractivity contribution < 1.29 is 24.5 Å². The van der Waals surface area contributed by atoms with Crippen LogP contribution in [0.1, 0.15) is 19.4 Å². The zero-order valence-corrected chi connectivity index (χ0v) is 35.2. The van der Waals surface area contributed by atoms with Gasteiger partial charge in [0.2, 0.25) is 0 Å². The minimum Gasteiger partial charge on any atom is -0.557 e. The first-order chi connectivity index (χ1) is 26.2. The van der Waals surface area contributed by atoms with Crippen LogP contribution in [0.2, 0.25) is 19.6 Å². The smallest absolute Gasteiger partial charge is 0.0798 e. The Morgan fingerprint density at radius 2 is 1.40 bits per heavy atom. The fraction of sp³-hybridized carbons (Fsp3) is 0.143. The van der Waals surface area contributed by atoms with E-state index in [2.05, 4.69) is 159 Å². The molecule has 0 aliphatic heterocycles. The Morgan fingerprint density at radius 3 is 2.11 bits per heavy atom. The van der Waals surface area contributed by atoms with Crippen LogP contribution in [0.4, 0.5) is 0 Å². The van der Waals surface area contributed by atoms with Gasteiger partial charge in [-0.25, -0.2) is 0 Å². The van der Waals surface area contributed by atoms with Crippen molar-refractivity contribution in [3.63, 3.8) is 0 Å². The van der Waals surface area contributed by atoms with Crippen molar-refractivity contribution in [1.82, 2.24) is 14.5 Å². The van der Waals surface area contributed by atoms with Crippen LogP contribution in [-0.2, 0) is 26.5 Å². The molecule has 3 heterocycles. The fourth-order valence-corrected chi connectivity index (χ4v) is 8.79. The molecular weight excluding hydrogens is 867 g/mol. The van der Waals surface area contributed by atoms with Gasteiger partial charge in [-0.15, -0.1) is 35.9 Å². The topological polar surface area (TPSA) is 43.9 Å². The largest absolute Gasteiger partial charge is 0.557 e. The molecule has 9 rings (SSSR count). The Labute approximate surface area is 338 Å². The van der Waals surface area contributed by atoms with Gasteiger partial charge in [0.1, 0.15) is 0 Å². The van der Waals surface area contributed by atoms with E-state index in [4.69, 9.17) is 9.40 Å². The molecule has 55 heavy (non-hydrogen) atoms. The van der Waals surface area contributed by atoms with Crippen LogP contribution < -0.4 is 5.19 Å². The summed E-state index contributed by atoms with van der Waals surface area (Å²) < 4.78 is 8.09. The van der Waals surface area contributed by atoms with Gasteiger partial charge in [-0.1, -0.05) is 147 Å². The van der Waals surface area contributed by atoms with Gasteiger partial charge in [-0.3, -0.25) is 4.98 Å². The molecule has 0 N–H and O–H groups in total. The molecule has 0 spiro atoms. The molecule has 0 fully saturated rings. The Morgan fingerprint density at radius 1 is 0.727 bits per heavy atom. The predicted octanol–water partition coefficient (Wildman–Crippen LogP) is 12.3. The Kier molecular flexibility index (Phi) is 11.1. The van der Waals surface area contributed by atoms with Gasteiger partial charge in [0.15, 0.2) is 0 Å². The molecule has 0 aliphatic rings. The van der Waals surface area contributed by atoms with Crippen molar-refractivity contribution >= 4 is 46.0 Å². The van der Waals surface area contributed by atoms with Crippen LogP contribution in [0.25, 0.3) is 72.2 Å². The maximum absolute atomic E-state index is 5.90. The minimum absolute atomic E-state index is 0. The van der Waals surface area contributed by atoms with E-state index in [1.807, 2.05) is 48.5 Å². The number of imidazole rings is 1. The summed E-state index contributed by atoms with van der Waals surface area (Å²) in [6.45, 7) is 11.7. The molecule has 4 nitrogen and oxygen atoms in total. The SMILES string of the molecule is CC(C)Cc1cc(-c2[c-]cccc2)ncc1[Si](C)(C)C.[Ir].[c-]1oc2cc3ccccc3cc2c1-c1nc2ccccc2n1-c1ccc(-c2ccccc2)cc1. The quantitative estimate of drug-likeness (QED) is 0.118. The summed E-state index contributed by atoms with van der Waals surface area (Å²) in [5, 5.41) is 4.82. The molecule has 1 radical (unpaired) electrons. The number of hydrogen-bond donors (Lipinski definition) is 0. The maximum Gasteiger partial charge on any atom is 0.0798 e. The number of pyridine rings is 1. The van der Waals surface area contributed by atoms with E-state index in [0.29, 0.717) is 5.92 Å². The molecule has 0 saturated heterocycles. The number of hydrogen-bond acceptors (Lipinski definition) is 3. The molecule has 3 aromatic heterocycles. The molecule has 0 bridgehead atoms. The Bertz CT molecular complexity index is 2690. The van der Waals surface area contributed by atoms with Crippen LogP contribution in [0.5, 0.6) is 0 Å². The first kappa shape index (κ1) is 37.9. The number of furan rings is 1. The molecular formula is C49H43IrN3OSi-2. The summed E-state index contributed by atoms with van der Waals surface area (Å²) in [6.07, 6.45) is 6.39. The van der Waals surface area contributed by atoms with Crippen molar-refractivity contribution in [2.75, 3.05) is 0 Å². The summed E-state index contributed by atoms with van der Waals surface area (Å²) >= 11 is 0. The average Bonchev–Trinajstić information content (AvgIpc) is 3.78. The molecule has 0 amide bonds. The van der Waals surface area contributed by atoms with Crippen molar-refractivity contribution in [2.45, 2.75) is 39.9 Å². The summed E-state index contributed by atoms with van der Waals surface area (Å²) in [7, 11) is -1.34. The van der Waals surface area contributed by atoms with E-state index in [1.165, 1.54) is 27.3 Å². The molecule has 0 aliphatic carbocycles. The van der Waals surface area contributed by atoms with Crippen LogP contribution >= 0.6 is 0 Å². The number of para-hydroxylation sites is 2. The number of rotatable bonds is 7. The van der Waals surface area contributed by atoms with Crippen LogP contribution in [0.15, 0.2) is 156 Å². The van der Waals surface area contributed by atoms with E-state index >= 15 is 0 Å². The van der Waals surface area contributed by atoms with Crippen molar-refractivity contribution in [1.29, 1.82) is 0 Å². The summed E-state index contributed by atoms with van der Waals surface area (Å²) in [4.78, 5) is 9.70. The molecule has 6 heteroatoms. The third-order valence-electron chi connectivity index (χ3n) is 9.81. The van der Waals surface area contributed by atoms with Gasteiger partial charge in [-0.05, 0) is 69.4 Å². The average molecular weight is 910 g/mol. The van der Waals surface area contributed by atoms with Crippen molar-refractivity contribution in [3.05, 3.63) is 170 Å². The zero-order chi connectivity index (χ0) is 37.2. The van der Waals surface area contributed by atoms with E-state index in [-0.39, 0.29) is 20.1 Å². The Balaban J connectivity index is 0.000000191. The van der Waals surface area contributed by atoms with E-state index < -0.39 is 8.07 Å². The van der Waals surface area contributed by atoms with E-state index in [1.54, 1.807) is 0 Å².